The highest BCUT2D eigenvalue weighted by molar-refractivity contribution is 6.31. The molecule has 43 heavy (non-hydrogen) atoms. The average Bonchev–Trinajstić information content (AvgIpc) is 3.55. The van der Waals surface area contributed by atoms with E-state index in [4.69, 9.17) is 17.3 Å². The zero-order valence-electron chi connectivity index (χ0n) is 24.0. The summed E-state index contributed by atoms with van der Waals surface area (Å²) >= 11 is 6.64. The molecule has 5 aromatic rings. The van der Waals surface area contributed by atoms with Crippen LogP contribution in [0.15, 0.2) is 66.0 Å². The largest absolute Gasteiger partial charge is 0.388 e. The summed E-state index contributed by atoms with van der Waals surface area (Å²) in [5.41, 5.74) is 11.1. The zero-order chi connectivity index (χ0) is 28.7. The van der Waals surface area contributed by atoms with Gasteiger partial charge in [-0.3, -0.25) is 23.6 Å². The number of benzene rings is 2. The predicted molar refractivity (Wildman–Crippen MR) is 174 cm³/mol. The highest BCUT2D eigenvalue weighted by Gasteiger charge is 2.33. The lowest BCUT2D eigenvalue weighted by Crippen LogP contribution is -2.47. The van der Waals surface area contributed by atoms with Crippen LogP contribution in [0.3, 0.4) is 0 Å². The van der Waals surface area contributed by atoms with E-state index < -0.39 is 5.60 Å². The molecule has 6 rings (SSSR count). The van der Waals surface area contributed by atoms with Crippen LogP contribution in [0.25, 0.3) is 33.4 Å². The number of fused-ring (bicyclic) bond motifs is 1. The molecule has 1 aliphatic heterocycles. The Morgan fingerprint density at radius 1 is 1.00 bits per heavy atom. The number of aromatic nitrogens is 6. The number of hydrogen-bond acceptors (Lipinski definition) is 7. The van der Waals surface area contributed by atoms with E-state index in [0.29, 0.717) is 55.1 Å². The lowest BCUT2D eigenvalue weighted by molar-refractivity contribution is -0.0364. The zero-order valence-corrected chi connectivity index (χ0v) is 26.4. The van der Waals surface area contributed by atoms with E-state index >= 15 is 0 Å². The van der Waals surface area contributed by atoms with E-state index in [9.17, 15) is 9.90 Å². The number of nitrogens with zero attached hydrogens (tertiary/aromatic N) is 7. The molecule has 4 heterocycles. The third kappa shape index (κ3) is 6.64. The van der Waals surface area contributed by atoms with Crippen molar-refractivity contribution in [3.63, 3.8) is 0 Å². The molecule has 10 nitrogen and oxygen atoms in total. The molecule has 0 spiro atoms. The molecule has 228 valence electrons. The van der Waals surface area contributed by atoms with Crippen LogP contribution < -0.4 is 11.3 Å². The first-order valence-corrected chi connectivity index (χ1v) is 14.0. The Bertz CT molecular complexity index is 1770. The molecule has 0 radical (unpaired) electrons. The molecule has 1 saturated heterocycles. The van der Waals surface area contributed by atoms with Crippen molar-refractivity contribution >= 4 is 47.4 Å². The summed E-state index contributed by atoms with van der Waals surface area (Å²) in [6.45, 7) is 2.70. The van der Waals surface area contributed by atoms with Crippen LogP contribution in [0.2, 0.25) is 5.02 Å². The van der Waals surface area contributed by atoms with Gasteiger partial charge in [-0.2, -0.15) is 10.2 Å². The first-order chi connectivity index (χ1) is 19.7. The van der Waals surface area contributed by atoms with Gasteiger partial charge in [0.1, 0.15) is 5.52 Å². The fourth-order valence-corrected chi connectivity index (χ4v) is 5.84. The van der Waals surface area contributed by atoms with Gasteiger partial charge < -0.3 is 10.8 Å². The smallest absolute Gasteiger partial charge is 0.281 e. The van der Waals surface area contributed by atoms with Gasteiger partial charge in [-0.25, -0.2) is 4.98 Å². The number of likely N-dealkylation sites (tertiary alicyclic amines) is 1. The summed E-state index contributed by atoms with van der Waals surface area (Å²) < 4.78 is 4.94. The lowest BCUT2D eigenvalue weighted by Gasteiger charge is -2.38. The third-order valence-electron chi connectivity index (χ3n) is 8.01. The maximum atomic E-state index is 13.4. The summed E-state index contributed by atoms with van der Waals surface area (Å²) in [6.07, 6.45) is 6.37. The second kappa shape index (κ2) is 13.2. The van der Waals surface area contributed by atoms with E-state index in [1.165, 1.54) is 10.9 Å². The van der Waals surface area contributed by atoms with Gasteiger partial charge in [-0.1, -0.05) is 48.0 Å². The molecular formula is C30H35Cl3N8O2. The van der Waals surface area contributed by atoms with Gasteiger partial charge in [0.2, 0.25) is 0 Å². The highest BCUT2D eigenvalue weighted by atomic mass is 35.5. The molecule has 0 atom stereocenters. The second-order valence-corrected chi connectivity index (χ2v) is 11.4. The van der Waals surface area contributed by atoms with Crippen LogP contribution in [0.5, 0.6) is 0 Å². The molecule has 1 fully saturated rings. The fourth-order valence-electron chi connectivity index (χ4n) is 5.60. The molecule has 13 heteroatoms. The first-order valence-electron chi connectivity index (χ1n) is 13.7. The normalized spacial score (nSPS) is 14.8. The fraction of sp³-hybridized carbons (Fsp3) is 0.333. The summed E-state index contributed by atoms with van der Waals surface area (Å²) in [7, 11) is 3.69. The summed E-state index contributed by atoms with van der Waals surface area (Å²) in [4.78, 5) is 20.3. The number of rotatable bonds is 7. The standard InChI is InChI=1S/C30H33ClN8O2.2ClH/c1-36-16-24(15-34-36)22-7-8-23(25(31)13-22)17-38-11-9-30(41,10-12-38)18-39-19-33-26-27(29(39)40)35-37(2)28(26)21-5-3-20(14-32)4-6-21;;/h3-8,13,15-16,19,41H,9-12,14,17-18,32H2,1-2H3;2*1H. The minimum atomic E-state index is -1.01. The van der Waals surface area contributed by atoms with Crippen LogP contribution in [0, 0.1) is 0 Å². The van der Waals surface area contributed by atoms with Gasteiger partial charge in [0, 0.05) is 62.6 Å². The van der Waals surface area contributed by atoms with Crippen molar-refractivity contribution in [2.75, 3.05) is 13.1 Å². The third-order valence-corrected chi connectivity index (χ3v) is 8.36. The predicted octanol–water partition coefficient (Wildman–Crippen LogP) is 4.18. The Hall–Kier alpha value is -3.25. The van der Waals surface area contributed by atoms with Crippen LogP contribution >= 0.6 is 36.4 Å². The minimum absolute atomic E-state index is 0. The number of hydrogen-bond donors (Lipinski definition) is 2. The van der Waals surface area contributed by atoms with Crippen molar-refractivity contribution in [2.45, 2.75) is 38.1 Å². The van der Waals surface area contributed by atoms with E-state index in [0.717, 1.165) is 33.5 Å². The Morgan fingerprint density at radius 3 is 2.33 bits per heavy atom. The van der Waals surface area contributed by atoms with Crippen molar-refractivity contribution in [1.29, 1.82) is 0 Å². The molecule has 1 aliphatic rings. The van der Waals surface area contributed by atoms with Gasteiger partial charge in [0.15, 0.2) is 5.52 Å². The summed E-state index contributed by atoms with van der Waals surface area (Å²) in [5, 5.41) is 20.9. The molecule has 0 saturated carbocycles. The second-order valence-electron chi connectivity index (χ2n) is 11.0. The first kappa shape index (κ1) is 32.7. The van der Waals surface area contributed by atoms with Gasteiger partial charge >= 0.3 is 0 Å². The van der Waals surface area contributed by atoms with Crippen LogP contribution in [0.4, 0.5) is 0 Å². The number of nitrogens with two attached hydrogens (primary N) is 1. The van der Waals surface area contributed by atoms with Gasteiger partial charge in [0.25, 0.3) is 5.56 Å². The maximum Gasteiger partial charge on any atom is 0.281 e. The molecule has 0 aliphatic carbocycles. The molecule has 3 N–H and O–H groups in total. The number of piperidine rings is 1. The SMILES string of the molecule is Cl.Cl.Cn1cc(-c2ccc(CN3CCC(O)(Cn4cnc5c(-c6ccc(CN)cc6)n(C)nc5c4=O)CC3)c(Cl)c2)cn1. The Morgan fingerprint density at radius 2 is 1.70 bits per heavy atom. The minimum Gasteiger partial charge on any atom is -0.388 e. The highest BCUT2D eigenvalue weighted by Crippen LogP contribution is 2.30. The molecule has 3 aromatic heterocycles. The van der Waals surface area contributed by atoms with E-state index in [1.807, 2.05) is 49.8 Å². The number of halogens is 3. The molecule has 0 bridgehead atoms. The molecule has 0 unspecified atom stereocenters. The number of aliphatic hydroxyl groups is 1. The summed E-state index contributed by atoms with van der Waals surface area (Å²) in [5.74, 6) is 0. The van der Waals surface area contributed by atoms with Crippen LogP contribution in [0.1, 0.15) is 24.0 Å². The van der Waals surface area contributed by atoms with Crippen molar-refractivity contribution in [1.82, 2.24) is 34.0 Å². The maximum absolute atomic E-state index is 13.4. The van der Waals surface area contributed by atoms with Crippen LogP contribution in [-0.4, -0.2) is 57.8 Å². The Kier molecular flexibility index (Phi) is 10.0. The van der Waals surface area contributed by atoms with Gasteiger partial charge in [-0.15, -0.1) is 24.8 Å². The quantitative estimate of drug-likeness (QED) is 0.273. The van der Waals surface area contributed by atoms with Crippen molar-refractivity contribution < 1.29 is 5.11 Å². The Balaban J connectivity index is 0.00000212. The molecule has 0 amide bonds. The molecular weight excluding hydrogens is 611 g/mol. The van der Waals surface area contributed by atoms with E-state index in [-0.39, 0.29) is 36.9 Å². The average molecular weight is 646 g/mol. The number of aryl methyl sites for hydroxylation is 2. The van der Waals surface area contributed by atoms with Crippen molar-refractivity contribution in [2.24, 2.45) is 19.8 Å². The molecule has 2 aromatic carbocycles. The van der Waals surface area contributed by atoms with Crippen molar-refractivity contribution in [3.8, 4) is 22.4 Å². The van der Waals surface area contributed by atoms with Gasteiger partial charge in [-0.05, 0) is 35.6 Å². The van der Waals surface area contributed by atoms with E-state index in [2.05, 4.69) is 32.2 Å². The van der Waals surface area contributed by atoms with E-state index in [1.54, 1.807) is 16.4 Å². The Labute approximate surface area is 266 Å². The van der Waals surface area contributed by atoms with Crippen molar-refractivity contribution in [3.05, 3.63) is 87.7 Å². The van der Waals surface area contributed by atoms with Crippen LogP contribution in [-0.2, 0) is 33.7 Å². The monoisotopic (exact) mass is 644 g/mol. The lowest BCUT2D eigenvalue weighted by atomic mass is 9.91. The summed E-state index contributed by atoms with van der Waals surface area (Å²) in [6, 6.07) is 13.9. The van der Waals surface area contributed by atoms with Gasteiger partial charge in [0.05, 0.1) is 30.4 Å². The topological polar surface area (TPSA) is 120 Å².